The highest BCUT2D eigenvalue weighted by Gasteiger charge is 2.41. The van der Waals surface area contributed by atoms with Crippen LogP contribution in [0.3, 0.4) is 0 Å². The maximum absolute atomic E-state index is 12.8. The highest BCUT2D eigenvalue weighted by Crippen LogP contribution is 2.41. The predicted molar refractivity (Wildman–Crippen MR) is 112 cm³/mol. The van der Waals surface area contributed by atoms with Crippen molar-refractivity contribution in [1.82, 2.24) is 14.8 Å². The van der Waals surface area contributed by atoms with E-state index in [1.807, 2.05) is 53.5 Å². The number of hydrogen-bond donors (Lipinski definition) is 1. The molecule has 6 nitrogen and oxygen atoms in total. The molecule has 3 heterocycles. The van der Waals surface area contributed by atoms with E-state index in [2.05, 4.69) is 21.4 Å². The summed E-state index contributed by atoms with van der Waals surface area (Å²) in [6.45, 7) is 0. The first kappa shape index (κ1) is 18.4. The first-order valence-electron chi connectivity index (χ1n) is 9.49. The molecule has 1 aliphatic carbocycles. The van der Waals surface area contributed by atoms with E-state index in [9.17, 15) is 4.79 Å². The molecule has 1 aromatic carbocycles. The fourth-order valence-electron chi connectivity index (χ4n) is 3.90. The second kappa shape index (κ2) is 7.65. The molecule has 2 aromatic heterocycles. The number of anilines is 1. The lowest BCUT2D eigenvalue weighted by Gasteiger charge is -2.35. The summed E-state index contributed by atoms with van der Waals surface area (Å²) in [6, 6.07) is 11.6. The summed E-state index contributed by atoms with van der Waals surface area (Å²) in [5.74, 6) is 1.32. The molecule has 1 aliphatic heterocycles. The quantitative estimate of drug-likeness (QED) is 0.642. The lowest BCUT2D eigenvalue weighted by Crippen LogP contribution is -2.38. The molecule has 0 amide bonds. The maximum Gasteiger partial charge on any atom is 0.227 e. The largest absolute Gasteiger partial charge is 0.328 e. The molecule has 2 unspecified atom stereocenters. The number of nitrogens with one attached hydrogen (secondary N) is 2. The third-order valence-corrected chi connectivity index (χ3v) is 6.54. The Kier molecular flexibility index (Phi) is 4.85. The molecule has 2 aliphatic rings. The van der Waals surface area contributed by atoms with Crippen LogP contribution in [0.15, 0.2) is 65.7 Å². The van der Waals surface area contributed by atoms with Crippen LogP contribution in [0, 0.1) is 5.92 Å². The highest BCUT2D eigenvalue weighted by atomic mass is 35.5. The van der Waals surface area contributed by atoms with E-state index in [4.69, 9.17) is 16.7 Å². The van der Waals surface area contributed by atoms with Gasteiger partial charge in [-0.15, -0.1) is 5.10 Å². The fraction of sp³-hybridized carbons (Fsp3) is 0.238. The zero-order valence-corrected chi connectivity index (χ0v) is 17.1. The molecule has 5 rings (SSSR count). The van der Waals surface area contributed by atoms with E-state index >= 15 is 0 Å². The van der Waals surface area contributed by atoms with Crippen molar-refractivity contribution in [3.63, 3.8) is 0 Å². The van der Waals surface area contributed by atoms with Crippen molar-refractivity contribution in [2.75, 3.05) is 5.32 Å². The number of halogens is 1. The number of Topliss-reactive ketones (excluding diaryl/α,β-unsaturated/α-hetero) is 1. The van der Waals surface area contributed by atoms with Crippen LogP contribution in [0.2, 0.25) is 5.02 Å². The summed E-state index contributed by atoms with van der Waals surface area (Å²) >= 11 is 7.81. The van der Waals surface area contributed by atoms with Gasteiger partial charge in [-0.05, 0) is 23.6 Å². The fourth-order valence-corrected chi connectivity index (χ4v) is 5.02. The molecule has 3 aromatic rings. The maximum atomic E-state index is 12.8. The van der Waals surface area contributed by atoms with Crippen molar-refractivity contribution in [3.8, 4) is 0 Å². The number of carbonyl (C=O) groups excluding carboxylic acids is 1. The number of benzene rings is 1. The standard InChI is InChI=1S/C21H18ClN5OS/c22-15-5-2-1-4-14(15)12-29-21-25-20-24-16-6-3-7-17(28)18(16)19(27(20)26-21)13-8-10-23-11-9-13/h1-2,4-6,8-11,18-19H,3,7,12H2,(H,24,25,26)/p+1. The monoisotopic (exact) mass is 424 g/mol. The van der Waals surface area contributed by atoms with Crippen molar-refractivity contribution in [1.29, 1.82) is 0 Å². The number of carbonyl (C=O) groups is 1. The molecule has 0 fully saturated rings. The molecule has 2 N–H and O–H groups in total. The van der Waals surface area contributed by atoms with Crippen molar-refractivity contribution < 1.29 is 9.78 Å². The number of rotatable bonds is 4. The molecule has 0 radical (unpaired) electrons. The first-order valence-corrected chi connectivity index (χ1v) is 10.9. The summed E-state index contributed by atoms with van der Waals surface area (Å²) in [7, 11) is 0. The van der Waals surface area contributed by atoms with Crippen LogP contribution in [-0.4, -0.2) is 20.5 Å². The van der Waals surface area contributed by atoms with Gasteiger partial charge in [-0.3, -0.25) is 4.79 Å². The van der Waals surface area contributed by atoms with Gasteiger partial charge in [0.15, 0.2) is 12.4 Å². The minimum Gasteiger partial charge on any atom is -0.328 e. The van der Waals surface area contributed by atoms with Gasteiger partial charge >= 0.3 is 0 Å². The average molecular weight is 425 g/mol. The average Bonchev–Trinajstić information content (AvgIpc) is 3.15. The van der Waals surface area contributed by atoms with Crippen molar-refractivity contribution in [2.45, 2.75) is 29.8 Å². The van der Waals surface area contributed by atoms with E-state index < -0.39 is 0 Å². The van der Waals surface area contributed by atoms with Crippen molar-refractivity contribution in [3.05, 3.63) is 76.7 Å². The minimum atomic E-state index is -0.262. The van der Waals surface area contributed by atoms with Crippen LogP contribution in [-0.2, 0) is 10.5 Å². The molecule has 0 saturated heterocycles. The summed E-state index contributed by atoms with van der Waals surface area (Å²) in [4.78, 5) is 20.5. The van der Waals surface area contributed by atoms with Gasteiger partial charge in [0, 0.05) is 35.0 Å². The Hall–Kier alpha value is -2.64. The van der Waals surface area contributed by atoms with Gasteiger partial charge in [-0.2, -0.15) is 4.98 Å². The topological polar surface area (TPSA) is 74.0 Å². The predicted octanol–water partition coefficient (Wildman–Crippen LogP) is 3.92. The van der Waals surface area contributed by atoms with Gasteiger partial charge in [0.1, 0.15) is 5.78 Å². The van der Waals surface area contributed by atoms with Crippen molar-refractivity contribution >= 4 is 35.1 Å². The minimum absolute atomic E-state index is 0.206. The van der Waals surface area contributed by atoms with Crippen LogP contribution in [0.5, 0.6) is 0 Å². The van der Waals surface area contributed by atoms with Crippen LogP contribution in [0.25, 0.3) is 0 Å². The second-order valence-corrected chi connectivity index (χ2v) is 8.44. The van der Waals surface area contributed by atoms with Crippen molar-refractivity contribution in [2.24, 2.45) is 5.92 Å². The number of hydrogen-bond acceptors (Lipinski definition) is 5. The van der Waals surface area contributed by atoms with Crippen LogP contribution < -0.4 is 10.3 Å². The molecule has 2 atom stereocenters. The summed E-state index contributed by atoms with van der Waals surface area (Å²) in [5, 5.41) is 9.49. The highest BCUT2D eigenvalue weighted by molar-refractivity contribution is 7.98. The first-order chi connectivity index (χ1) is 14.2. The number of H-pyrrole nitrogens is 1. The van der Waals surface area contributed by atoms with Crippen LogP contribution in [0.1, 0.15) is 30.0 Å². The normalized spacial score (nSPS) is 20.4. The number of thioether (sulfide) groups is 1. The van der Waals surface area contributed by atoms with Gasteiger partial charge in [0.05, 0.1) is 12.0 Å². The Balaban J connectivity index is 1.51. The smallest absolute Gasteiger partial charge is 0.227 e. The van der Waals surface area contributed by atoms with Gasteiger partial charge in [0.2, 0.25) is 11.1 Å². The number of pyridine rings is 1. The molecule has 8 heteroatoms. The third-order valence-electron chi connectivity index (χ3n) is 5.28. The molecule has 0 spiro atoms. The number of nitrogens with zero attached hydrogens (tertiary/aromatic N) is 3. The van der Waals surface area contributed by atoms with E-state index in [0.29, 0.717) is 23.3 Å². The Morgan fingerprint density at radius 1 is 1.24 bits per heavy atom. The number of aromatic amines is 1. The molecular formula is C21H19ClN5OS+. The number of fused-ring (bicyclic) bond motifs is 2. The van der Waals surface area contributed by atoms with Gasteiger partial charge in [-0.25, -0.2) is 9.67 Å². The summed E-state index contributed by atoms with van der Waals surface area (Å²) in [6.07, 6.45) is 7.18. The number of aromatic nitrogens is 4. The Morgan fingerprint density at radius 3 is 2.90 bits per heavy atom. The van der Waals surface area contributed by atoms with E-state index in [1.165, 1.54) is 11.8 Å². The molecule has 0 bridgehead atoms. The Morgan fingerprint density at radius 2 is 2.07 bits per heavy atom. The van der Waals surface area contributed by atoms with Gasteiger partial charge in [0.25, 0.3) is 0 Å². The molecule has 146 valence electrons. The lowest BCUT2D eigenvalue weighted by atomic mass is 9.81. The summed E-state index contributed by atoms with van der Waals surface area (Å²) in [5.41, 5.74) is 3.01. The Bertz CT molecular complexity index is 1100. The van der Waals surface area contributed by atoms with Gasteiger partial charge < -0.3 is 5.32 Å². The third kappa shape index (κ3) is 3.45. The zero-order valence-electron chi connectivity index (χ0n) is 15.5. The number of ketones is 1. The van der Waals surface area contributed by atoms with E-state index in [0.717, 1.165) is 28.3 Å². The molecular weight excluding hydrogens is 406 g/mol. The van der Waals surface area contributed by atoms with E-state index in [1.54, 1.807) is 0 Å². The second-order valence-electron chi connectivity index (χ2n) is 7.09. The Labute approximate surface area is 177 Å². The van der Waals surface area contributed by atoms with E-state index in [-0.39, 0.29) is 17.7 Å². The zero-order chi connectivity index (χ0) is 19.8. The van der Waals surface area contributed by atoms with Crippen LogP contribution >= 0.6 is 23.4 Å². The van der Waals surface area contributed by atoms with Gasteiger partial charge in [-0.1, -0.05) is 47.6 Å². The van der Waals surface area contributed by atoms with Crippen LogP contribution in [0.4, 0.5) is 5.95 Å². The number of allylic oxidation sites excluding steroid dienone is 2. The molecule has 0 saturated carbocycles. The lowest BCUT2D eigenvalue weighted by molar-refractivity contribution is -0.378. The summed E-state index contributed by atoms with van der Waals surface area (Å²) < 4.78 is 1.86. The molecule has 29 heavy (non-hydrogen) atoms. The SMILES string of the molecule is O=C1CCC=C2Nc3nc(SCc4ccccc4Cl)nn3C(c3cc[nH+]cc3)C12.